The molecule has 3 aromatic carbocycles. The number of hydrogen-bond acceptors (Lipinski definition) is 6. The number of hydrogen-bond donors (Lipinski definition) is 1. The molecule has 3 aromatic rings. The Morgan fingerprint density at radius 1 is 0.733 bits per heavy atom. The minimum Gasteiger partial charge on any atom is -0.497 e. The van der Waals surface area contributed by atoms with Crippen molar-refractivity contribution >= 4 is 23.0 Å². The Labute approximate surface area is 173 Å². The number of nitrogens with one attached hydrogen (secondary N) is 1. The molecule has 30 heavy (non-hydrogen) atoms. The first-order valence-electron chi connectivity index (χ1n) is 9.22. The van der Waals surface area contributed by atoms with Crippen LogP contribution < -0.4 is 19.5 Å². The Balaban J connectivity index is 1.85. The molecule has 0 bridgehead atoms. The van der Waals surface area contributed by atoms with Crippen molar-refractivity contribution < 1.29 is 18.6 Å². The smallest absolute Gasteiger partial charge is 0.162 e. The molecule has 1 aliphatic heterocycles. The number of anilines is 1. The molecule has 0 spiro atoms. The number of fused-ring (bicyclic) bond motifs is 1. The molecule has 1 aliphatic rings. The summed E-state index contributed by atoms with van der Waals surface area (Å²) in [6.45, 7) is 0. The van der Waals surface area contributed by atoms with Gasteiger partial charge in [0.05, 0.1) is 32.7 Å². The van der Waals surface area contributed by atoms with Crippen molar-refractivity contribution in [1.82, 2.24) is 0 Å². The second kappa shape index (κ2) is 8.24. The number of aliphatic imine (C=N–C) groups is 2. The molecule has 0 atom stereocenters. The molecule has 7 heteroatoms. The van der Waals surface area contributed by atoms with Gasteiger partial charge in [-0.15, -0.1) is 0 Å². The maximum Gasteiger partial charge on any atom is 0.162 e. The second-order valence-corrected chi connectivity index (χ2v) is 6.48. The summed E-state index contributed by atoms with van der Waals surface area (Å²) in [5.41, 5.74) is 2.65. The summed E-state index contributed by atoms with van der Waals surface area (Å²) in [6.07, 6.45) is 0. The predicted molar refractivity (Wildman–Crippen MR) is 115 cm³/mol. The molecule has 0 fully saturated rings. The zero-order valence-electron chi connectivity index (χ0n) is 16.8. The number of methoxy groups -OCH3 is 3. The zero-order chi connectivity index (χ0) is 21.1. The number of rotatable bonds is 5. The lowest BCUT2D eigenvalue weighted by Gasteiger charge is -2.13. The van der Waals surface area contributed by atoms with E-state index in [1.54, 1.807) is 39.5 Å². The average Bonchev–Trinajstić information content (AvgIpc) is 2.98. The van der Waals surface area contributed by atoms with E-state index >= 15 is 0 Å². The monoisotopic (exact) mass is 405 g/mol. The van der Waals surface area contributed by atoms with E-state index in [9.17, 15) is 4.39 Å². The van der Waals surface area contributed by atoms with Gasteiger partial charge in [-0.3, -0.25) is 0 Å². The normalized spacial score (nSPS) is 12.7. The Hall–Kier alpha value is -3.87. The van der Waals surface area contributed by atoms with Crippen LogP contribution in [-0.2, 0) is 0 Å². The van der Waals surface area contributed by atoms with Gasteiger partial charge in [-0.1, -0.05) is 0 Å². The summed E-state index contributed by atoms with van der Waals surface area (Å²) < 4.78 is 29.9. The highest BCUT2D eigenvalue weighted by atomic mass is 19.1. The van der Waals surface area contributed by atoms with Crippen molar-refractivity contribution in [3.05, 3.63) is 77.6 Å². The van der Waals surface area contributed by atoms with Gasteiger partial charge in [0.25, 0.3) is 0 Å². The third-order valence-corrected chi connectivity index (χ3v) is 4.66. The molecule has 0 aliphatic carbocycles. The lowest BCUT2D eigenvalue weighted by Crippen LogP contribution is -2.15. The van der Waals surface area contributed by atoms with Gasteiger partial charge in [0.1, 0.15) is 17.4 Å². The summed E-state index contributed by atoms with van der Waals surface area (Å²) in [7, 11) is 4.76. The summed E-state index contributed by atoms with van der Waals surface area (Å²) in [6, 6.07) is 17.3. The highest BCUT2D eigenvalue weighted by Crippen LogP contribution is 2.32. The van der Waals surface area contributed by atoms with E-state index in [2.05, 4.69) is 10.3 Å². The molecule has 6 nitrogen and oxygen atoms in total. The number of halogens is 1. The van der Waals surface area contributed by atoms with Crippen LogP contribution >= 0.6 is 0 Å². The van der Waals surface area contributed by atoms with Gasteiger partial charge in [0.2, 0.25) is 0 Å². The van der Waals surface area contributed by atoms with Gasteiger partial charge in [-0.25, -0.2) is 14.4 Å². The van der Waals surface area contributed by atoms with Crippen LogP contribution in [0.1, 0.15) is 11.1 Å². The molecule has 1 N–H and O–H groups in total. The Morgan fingerprint density at radius 3 is 2.17 bits per heavy atom. The van der Waals surface area contributed by atoms with Crippen LogP contribution in [0.25, 0.3) is 0 Å². The topological polar surface area (TPSA) is 64.4 Å². The SMILES string of the molecule is COc1ccc(C2=Nc3ccc(F)cc3NC(c3ccc(OC)c(OC)c3)=N2)cc1. The molecule has 4 rings (SSSR count). The maximum atomic E-state index is 13.9. The minimum absolute atomic E-state index is 0.365. The minimum atomic E-state index is -0.365. The van der Waals surface area contributed by atoms with Crippen LogP contribution in [0.4, 0.5) is 15.8 Å². The number of ether oxygens (including phenoxy) is 3. The van der Waals surface area contributed by atoms with Gasteiger partial charge in [-0.2, -0.15) is 0 Å². The predicted octanol–water partition coefficient (Wildman–Crippen LogP) is 4.80. The summed E-state index contributed by atoms with van der Waals surface area (Å²) >= 11 is 0. The molecule has 0 aromatic heterocycles. The molecular weight excluding hydrogens is 385 g/mol. The molecule has 0 radical (unpaired) electrons. The quantitative estimate of drug-likeness (QED) is 0.662. The maximum absolute atomic E-state index is 13.9. The van der Waals surface area contributed by atoms with Gasteiger partial charge >= 0.3 is 0 Å². The summed E-state index contributed by atoms with van der Waals surface area (Å²) in [4.78, 5) is 9.40. The molecule has 1 heterocycles. The number of amidine groups is 2. The molecular formula is C23H20FN3O3. The van der Waals surface area contributed by atoms with Crippen molar-refractivity contribution in [2.75, 3.05) is 26.6 Å². The molecule has 0 saturated heterocycles. The van der Waals surface area contributed by atoms with Crippen molar-refractivity contribution in [2.45, 2.75) is 0 Å². The van der Waals surface area contributed by atoms with E-state index in [0.717, 1.165) is 16.9 Å². The van der Waals surface area contributed by atoms with Gasteiger partial charge in [0, 0.05) is 11.1 Å². The van der Waals surface area contributed by atoms with Crippen LogP contribution in [0.3, 0.4) is 0 Å². The molecule has 0 saturated carbocycles. The van der Waals surface area contributed by atoms with E-state index in [1.165, 1.54) is 12.1 Å². The van der Waals surface area contributed by atoms with E-state index in [0.29, 0.717) is 34.5 Å². The number of benzene rings is 3. The zero-order valence-corrected chi connectivity index (χ0v) is 16.8. The first kappa shape index (κ1) is 19.4. The van der Waals surface area contributed by atoms with E-state index < -0.39 is 0 Å². The number of nitrogens with zero attached hydrogens (tertiary/aromatic N) is 2. The van der Waals surface area contributed by atoms with Crippen molar-refractivity contribution in [1.29, 1.82) is 0 Å². The third kappa shape index (κ3) is 3.82. The van der Waals surface area contributed by atoms with Gasteiger partial charge in [0.15, 0.2) is 17.3 Å². The van der Waals surface area contributed by atoms with Crippen LogP contribution in [0.2, 0.25) is 0 Å². The molecule has 0 amide bonds. The summed E-state index contributed by atoms with van der Waals surface area (Å²) in [5.74, 6) is 2.53. The Bertz CT molecular complexity index is 1140. The first-order valence-corrected chi connectivity index (χ1v) is 9.22. The average molecular weight is 405 g/mol. The van der Waals surface area contributed by atoms with Crippen LogP contribution in [-0.4, -0.2) is 33.0 Å². The lowest BCUT2D eigenvalue weighted by molar-refractivity contribution is 0.355. The highest BCUT2D eigenvalue weighted by molar-refractivity contribution is 6.19. The highest BCUT2D eigenvalue weighted by Gasteiger charge is 2.17. The van der Waals surface area contributed by atoms with E-state index in [4.69, 9.17) is 19.2 Å². The van der Waals surface area contributed by atoms with Crippen LogP contribution in [0.15, 0.2) is 70.6 Å². The Morgan fingerprint density at radius 2 is 1.47 bits per heavy atom. The lowest BCUT2D eigenvalue weighted by atomic mass is 10.1. The fourth-order valence-electron chi connectivity index (χ4n) is 3.10. The van der Waals surface area contributed by atoms with Crippen LogP contribution in [0, 0.1) is 5.82 Å². The third-order valence-electron chi connectivity index (χ3n) is 4.66. The largest absolute Gasteiger partial charge is 0.497 e. The first-order chi connectivity index (χ1) is 14.6. The van der Waals surface area contributed by atoms with Crippen molar-refractivity contribution in [2.24, 2.45) is 9.98 Å². The second-order valence-electron chi connectivity index (χ2n) is 6.48. The van der Waals surface area contributed by atoms with E-state index in [1.807, 2.05) is 30.3 Å². The fraction of sp³-hybridized carbons (Fsp3) is 0.130. The summed E-state index contributed by atoms with van der Waals surface area (Å²) in [5, 5.41) is 3.20. The van der Waals surface area contributed by atoms with E-state index in [-0.39, 0.29) is 5.82 Å². The fourth-order valence-corrected chi connectivity index (χ4v) is 3.10. The molecule has 0 unspecified atom stereocenters. The van der Waals surface area contributed by atoms with Crippen LogP contribution in [0.5, 0.6) is 17.2 Å². The van der Waals surface area contributed by atoms with Gasteiger partial charge < -0.3 is 19.5 Å². The van der Waals surface area contributed by atoms with Crippen molar-refractivity contribution in [3.63, 3.8) is 0 Å². The molecule has 152 valence electrons. The van der Waals surface area contributed by atoms with Gasteiger partial charge in [-0.05, 0) is 60.7 Å². The standard InChI is InChI=1S/C23H20FN3O3/c1-28-17-8-4-14(5-9-17)22-25-18-10-7-16(24)13-19(18)26-23(27-22)15-6-11-20(29-2)21(12-15)30-3/h4-13H,1-3H3,(H,25,26,27). The van der Waals surface area contributed by atoms with Crippen molar-refractivity contribution in [3.8, 4) is 17.2 Å². The Kier molecular flexibility index (Phi) is 5.34.